The van der Waals surface area contributed by atoms with E-state index in [4.69, 9.17) is 9.47 Å². The zero-order chi connectivity index (χ0) is 18.2. The number of hydrogen-bond acceptors (Lipinski definition) is 6. The predicted octanol–water partition coefficient (Wildman–Crippen LogP) is 2.55. The Bertz CT molecular complexity index is 769. The zero-order valence-corrected chi connectivity index (χ0v) is 15.6. The number of nitrogens with zero attached hydrogens (tertiary/aromatic N) is 2. The fourth-order valence-electron chi connectivity index (χ4n) is 1.98. The predicted molar refractivity (Wildman–Crippen MR) is 98.6 cm³/mol. The summed E-state index contributed by atoms with van der Waals surface area (Å²) in [5.41, 5.74) is 1.04. The van der Waals surface area contributed by atoms with Gasteiger partial charge in [0.1, 0.15) is 6.61 Å². The van der Waals surface area contributed by atoms with Crippen LogP contribution in [0.4, 0.5) is 5.69 Å². The third-order valence-electron chi connectivity index (χ3n) is 3.22. The second-order valence-corrected chi connectivity index (χ2v) is 6.08. The van der Waals surface area contributed by atoms with Crippen LogP contribution < -0.4 is 10.1 Å². The van der Waals surface area contributed by atoms with E-state index in [1.54, 1.807) is 25.4 Å². The Morgan fingerprint density at radius 1 is 1.36 bits per heavy atom. The molecule has 25 heavy (non-hydrogen) atoms. The molecule has 0 radical (unpaired) electrons. The van der Waals surface area contributed by atoms with Crippen molar-refractivity contribution in [1.29, 1.82) is 0 Å². The molecule has 0 saturated carbocycles. The molecule has 0 spiro atoms. The lowest BCUT2D eigenvalue weighted by atomic mass is 10.2. The molecular weight excluding hydrogens is 441 g/mol. The molecule has 2 aromatic rings. The number of aromatic nitrogens is 1. The number of benzene rings is 1. The minimum Gasteiger partial charge on any atom is -0.475 e. The Balaban J connectivity index is 2.04. The van der Waals surface area contributed by atoms with Crippen molar-refractivity contribution in [3.05, 3.63) is 61.3 Å². The van der Waals surface area contributed by atoms with E-state index in [0.29, 0.717) is 28.2 Å². The first-order valence-electron chi connectivity index (χ1n) is 7.30. The van der Waals surface area contributed by atoms with Gasteiger partial charge in [-0.3, -0.25) is 14.9 Å². The third kappa shape index (κ3) is 5.36. The molecule has 8 nitrogen and oxygen atoms in total. The smallest absolute Gasteiger partial charge is 0.270 e. The number of methoxy groups -OCH3 is 1. The fraction of sp³-hybridized carbons (Fsp3) is 0.250. The van der Waals surface area contributed by atoms with Crippen molar-refractivity contribution in [2.75, 3.05) is 20.3 Å². The highest BCUT2D eigenvalue weighted by molar-refractivity contribution is 14.1. The number of carbonyl (C=O) groups is 1. The Labute approximate surface area is 157 Å². The van der Waals surface area contributed by atoms with Crippen LogP contribution in [0.5, 0.6) is 5.88 Å². The van der Waals surface area contributed by atoms with Gasteiger partial charge in [-0.05, 0) is 34.7 Å². The first-order chi connectivity index (χ1) is 12.0. The number of non-ortho nitro benzene ring substituents is 1. The lowest BCUT2D eigenvalue weighted by Gasteiger charge is -2.11. The van der Waals surface area contributed by atoms with Crippen molar-refractivity contribution in [3.8, 4) is 5.88 Å². The Hall–Kier alpha value is -2.27. The molecule has 0 fully saturated rings. The van der Waals surface area contributed by atoms with Crippen LogP contribution >= 0.6 is 22.6 Å². The molecule has 9 heteroatoms. The highest BCUT2D eigenvalue weighted by Crippen LogP contribution is 2.20. The monoisotopic (exact) mass is 457 g/mol. The normalized spacial score (nSPS) is 10.3. The SMILES string of the molecule is COCCOc1ncccc1CNC(=O)c1ccc([N+](=O)[O-])cc1I. The van der Waals surface area contributed by atoms with Gasteiger partial charge in [0.25, 0.3) is 11.6 Å². The maximum absolute atomic E-state index is 12.3. The summed E-state index contributed by atoms with van der Waals surface area (Å²) < 4.78 is 11.0. The molecule has 0 unspecified atom stereocenters. The summed E-state index contributed by atoms with van der Waals surface area (Å²) in [5.74, 6) is 0.101. The number of pyridine rings is 1. The molecule has 0 aliphatic carbocycles. The summed E-state index contributed by atoms with van der Waals surface area (Å²) in [7, 11) is 1.58. The van der Waals surface area contributed by atoms with Gasteiger partial charge in [-0.1, -0.05) is 6.07 Å². The largest absolute Gasteiger partial charge is 0.475 e. The van der Waals surface area contributed by atoms with Gasteiger partial charge in [-0.15, -0.1) is 0 Å². The van der Waals surface area contributed by atoms with Crippen LogP contribution in [-0.4, -0.2) is 36.1 Å². The Kier molecular flexibility index (Phi) is 7.07. The van der Waals surface area contributed by atoms with E-state index in [0.717, 1.165) is 5.56 Å². The summed E-state index contributed by atoms with van der Waals surface area (Å²) in [6.45, 7) is 1.01. The second kappa shape index (κ2) is 9.28. The minimum absolute atomic E-state index is 0.0537. The Morgan fingerprint density at radius 2 is 2.16 bits per heavy atom. The molecule has 1 N–H and O–H groups in total. The lowest BCUT2D eigenvalue weighted by Crippen LogP contribution is -2.24. The van der Waals surface area contributed by atoms with Gasteiger partial charge in [0.2, 0.25) is 5.88 Å². The number of nitro groups is 1. The summed E-state index contributed by atoms with van der Waals surface area (Å²) in [6, 6.07) is 7.66. The highest BCUT2D eigenvalue weighted by Gasteiger charge is 2.15. The van der Waals surface area contributed by atoms with Crippen LogP contribution in [-0.2, 0) is 11.3 Å². The van der Waals surface area contributed by atoms with E-state index in [2.05, 4.69) is 10.3 Å². The number of halogens is 1. The van der Waals surface area contributed by atoms with Gasteiger partial charge in [0.15, 0.2) is 0 Å². The maximum Gasteiger partial charge on any atom is 0.270 e. The topological polar surface area (TPSA) is 104 Å². The second-order valence-electron chi connectivity index (χ2n) is 4.91. The molecule has 132 valence electrons. The van der Waals surface area contributed by atoms with Crippen LogP contribution in [0, 0.1) is 13.7 Å². The van der Waals surface area contributed by atoms with Crippen molar-refractivity contribution >= 4 is 34.2 Å². The van der Waals surface area contributed by atoms with Crippen LogP contribution in [0.2, 0.25) is 0 Å². The standard InChI is InChI=1S/C16H16IN3O5/c1-24-7-8-25-16-11(3-2-6-18-16)10-19-15(21)13-5-4-12(20(22)23)9-14(13)17/h2-6,9H,7-8,10H2,1H3,(H,19,21). The summed E-state index contributed by atoms with van der Waals surface area (Å²) in [5, 5.41) is 13.5. The van der Waals surface area contributed by atoms with E-state index < -0.39 is 4.92 Å². The number of hydrogen-bond donors (Lipinski definition) is 1. The number of rotatable bonds is 8. The molecule has 0 aliphatic rings. The zero-order valence-electron chi connectivity index (χ0n) is 13.4. The van der Waals surface area contributed by atoms with Crippen LogP contribution in [0.3, 0.4) is 0 Å². The first-order valence-corrected chi connectivity index (χ1v) is 8.38. The molecule has 0 atom stereocenters. The molecule has 2 rings (SSSR count). The van der Waals surface area contributed by atoms with Crippen LogP contribution in [0.1, 0.15) is 15.9 Å². The minimum atomic E-state index is -0.497. The first kappa shape index (κ1) is 19.1. The molecule has 1 aromatic carbocycles. The third-order valence-corrected chi connectivity index (χ3v) is 4.12. The van der Waals surface area contributed by atoms with E-state index in [-0.39, 0.29) is 18.1 Å². The van der Waals surface area contributed by atoms with Crippen LogP contribution in [0.25, 0.3) is 0 Å². The number of nitrogens with one attached hydrogen (secondary N) is 1. The number of amides is 1. The number of ether oxygens (including phenoxy) is 2. The van der Waals surface area contributed by atoms with E-state index in [1.807, 2.05) is 22.6 Å². The average molecular weight is 457 g/mol. The van der Waals surface area contributed by atoms with E-state index >= 15 is 0 Å². The van der Waals surface area contributed by atoms with Gasteiger partial charge in [-0.2, -0.15) is 0 Å². The highest BCUT2D eigenvalue weighted by atomic mass is 127. The Morgan fingerprint density at radius 3 is 2.84 bits per heavy atom. The summed E-state index contributed by atoms with van der Waals surface area (Å²) in [6.07, 6.45) is 1.60. The van der Waals surface area contributed by atoms with E-state index in [9.17, 15) is 14.9 Å². The fourth-order valence-corrected chi connectivity index (χ4v) is 2.73. The van der Waals surface area contributed by atoms with Crippen molar-refractivity contribution < 1.29 is 19.2 Å². The molecule has 1 heterocycles. The molecule has 0 aliphatic heterocycles. The summed E-state index contributed by atoms with van der Waals surface area (Å²) in [4.78, 5) is 26.7. The van der Waals surface area contributed by atoms with Crippen molar-refractivity contribution in [2.24, 2.45) is 0 Å². The molecule has 0 saturated heterocycles. The average Bonchev–Trinajstić information content (AvgIpc) is 2.60. The van der Waals surface area contributed by atoms with Gasteiger partial charge < -0.3 is 14.8 Å². The summed E-state index contributed by atoms with van der Waals surface area (Å²) >= 11 is 1.90. The van der Waals surface area contributed by atoms with Crippen LogP contribution in [0.15, 0.2) is 36.5 Å². The maximum atomic E-state index is 12.3. The van der Waals surface area contributed by atoms with Crippen molar-refractivity contribution in [1.82, 2.24) is 10.3 Å². The molecule has 1 amide bonds. The lowest BCUT2D eigenvalue weighted by molar-refractivity contribution is -0.384. The van der Waals surface area contributed by atoms with E-state index in [1.165, 1.54) is 18.2 Å². The number of nitro benzene ring substituents is 1. The molecular formula is C16H16IN3O5. The molecule has 1 aromatic heterocycles. The van der Waals surface area contributed by atoms with Crippen molar-refractivity contribution in [3.63, 3.8) is 0 Å². The quantitative estimate of drug-likeness (QED) is 0.283. The van der Waals surface area contributed by atoms with Gasteiger partial charge in [0.05, 0.1) is 17.1 Å². The van der Waals surface area contributed by atoms with Gasteiger partial charge in [-0.25, -0.2) is 4.98 Å². The molecule has 0 bridgehead atoms. The van der Waals surface area contributed by atoms with Crippen molar-refractivity contribution in [2.45, 2.75) is 6.54 Å². The number of carbonyl (C=O) groups excluding carboxylic acids is 1. The van der Waals surface area contributed by atoms with Gasteiger partial charge >= 0.3 is 0 Å². The van der Waals surface area contributed by atoms with Gasteiger partial charge in [0, 0.05) is 41.1 Å².